The zero-order valence-corrected chi connectivity index (χ0v) is 9.76. The monoisotopic (exact) mass is 224 g/mol. The van der Waals surface area contributed by atoms with Crippen LogP contribution in [-0.4, -0.2) is 4.98 Å². The molecule has 0 unspecified atom stereocenters. The van der Waals surface area contributed by atoms with E-state index in [-0.39, 0.29) is 0 Å². The van der Waals surface area contributed by atoms with Gasteiger partial charge in [0.05, 0.1) is 0 Å². The third-order valence-corrected chi connectivity index (χ3v) is 3.61. The molecule has 2 heteroatoms. The summed E-state index contributed by atoms with van der Waals surface area (Å²) in [5.74, 6) is 1.37. The normalized spacial score (nSPS) is 15.5. The summed E-state index contributed by atoms with van der Waals surface area (Å²) in [6, 6.07) is 12.7. The average molecular weight is 224 g/mol. The highest BCUT2D eigenvalue weighted by Crippen LogP contribution is 2.36. The smallest absolute Gasteiger partial charge is 0.123 e. The maximum absolute atomic E-state index is 5.58. The second-order valence-corrected chi connectivity index (χ2v) is 4.72. The molecule has 86 valence electrons. The van der Waals surface area contributed by atoms with E-state index in [2.05, 4.69) is 29.2 Å². The predicted octanol–water partition coefficient (Wildman–Crippen LogP) is 3.60. The quantitative estimate of drug-likeness (QED) is 0.846. The van der Waals surface area contributed by atoms with Crippen LogP contribution < -0.4 is 5.73 Å². The molecule has 1 aromatic carbocycles. The minimum Gasteiger partial charge on any atom is -0.384 e. The number of hydrogen-bond acceptors (Lipinski definition) is 2. The lowest BCUT2D eigenvalue weighted by molar-refractivity contribution is 0.420. The highest BCUT2D eigenvalue weighted by molar-refractivity contribution is 5.63. The van der Waals surface area contributed by atoms with E-state index in [1.165, 1.54) is 30.4 Å². The van der Waals surface area contributed by atoms with Gasteiger partial charge in [0.1, 0.15) is 5.82 Å². The number of nitrogens with zero attached hydrogens (tertiary/aromatic N) is 1. The zero-order valence-electron chi connectivity index (χ0n) is 9.76. The van der Waals surface area contributed by atoms with E-state index in [0.29, 0.717) is 5.82 Å². The summed E-state index contributed by atoms with van der Waals surface area (Å²) in [6.45, 7) is 0. The highest BCUT2D eigenvalue weighted by Gasteiger charge is 2.18. The third kappa shape index (κ3) is 2.03. The van der Waals surface area contributed by atoms with Gasteiger partial charge in [-0.25, -0.2) is 4.98 Å². The van der Waals surface area contributed by atoms with Gasteiger partial charge in [0.2, 0.25) is 0 Å². The second kappa shape index (κ2) is 4.21. The molecule has 2 nitrogen and oxygen atoms in total. The summed E-state index contributed by atoms with van der Waals surface area (Å²) in [4.78, 5) is 4.12. The first-order chi connectivity index (χ1) is 8.33. The number of rotatable bonds is 2. The molecule has 0 atom stereocenters. The van der Waals surface area contributed by atoms with Crippen LogP contribution in [0.2, 0.25) is 0 Å². The highest BCUT2D eigenvalue weighted by atomic mass is 14.8. The van der Waals surface area contributed by atoms with Crippen molar-refractivity contribution in [1.29, 1.82) is 0 Å². The van der Waals surface area contributed by atoms with Gasteiger partial charge < -0.3 is 5.73 Å². The lowest BCUT2D eigenvalue weighted by Gasteiger charge is -2.25. The Morgan fingerprint density at radius 3 is 2.18 bits per heavy atom. The molecule has 2 aromatic rings. The van der Waals surface area contributed by atoms with E-state index in [4.69, 9.17) is 5.73 Å². The van der Waals surface area contributed by atoms with Crippen LogP contribution in [0, 0.1) is 0 Å². The minimum absolute atomic E-state index is 0.569. The fourth-order valence-corrected chi connectivity index (χ4v) is 2.27. The Labute approximate surface area is 102 Å². The molecule has 2 N–H and O–H groups in total. The molecule has 0 radical (unpaired) electrons. The van der Waals surface area contributed by atoms with Gasteiger partial charge >= 0.3 is 0 Å². The molecule has 1 fully saturated rings. The number of aromatic nitrogens is 1. The van der Waals surface area contributed by atoms with Crippen LogP contribution in [0.3, 0.4) is 0 Å². The Morgan fingerprint density at radius 2 is 1.65 bits per heavy atom. The SMILES string of the molecule is Nc1ccc(-c2ccc(C3CCC3)cc2)cn1. The van der Waals surface area contributed by atoms with Crippen molar-refractivity contribution in [1.82, 2.24) is 4.98 Å². The minimum atomic E-state index is 0.569. The molecule has 17 heavy (non-hydrogen) atoms. The summed E-state index contributed by atoms with van der Waals surface area (Å²) in [5, 5.41) is 0. The Hall–Kier alpha value is -1.83. The van der Waals surface area contributed by atoms with Crippen LogP contribution in [-0.2, 0) is 0 Å². The van der Waals surface area contributed by atoms with Gasteiger partial charge in [-0.15, -0.1) is 0 Å². The third-order valence-electron chi connectivity index (χ3n) is 3.61. The summed E-state index contributed by atoms with van der Waals surface area (Å²) in [5.41, 5.74) is 9.39. The van der Waals surface area contributed by atoms with Crippen molar-refractivity contribution in [3.63, 3.8) is 0 Å². The van der Waals surface area contributed by atoms with Gasteiger partial charge in [-0.2, -0.15) is 0 Å². The summed E-state index contributed by atoms with van der Waals surface area (Å²) in [7, 11) is 0. The Kier molecular flexibility index (Phi) is 2.56. The van der Waals surface area contributed by atoms with E-state index >= 15 is 0 Å². The van der Waals surface area contributed by atoms with Crippen LogP contribution in [0.25, 0.3) is 11.1 Å². The topological polar surface area (TPSA) is 38.9 Å². The maximum atomic E-state index is 5.58. The van der Waals surface area contributed by atoms with Crippen LogP contribution in [0.4, 0.5) is 5.82 Å². The largest absolute Gasteiger partial charge is 0.384 e. The van der Waals surface area contributed by atoms with Crippen molar-refractivity contribution in [3.8, 4) is 11.1 Å². The van der Waals surface area contributed by atoms with E-state index in [1.807, 2.05) is 18.3 Å². The summed E-state index contributed by atoms with van der Waals surface area (Å²) in [6.07, 6.45) is 5.91. The molecule has 1 saturated carbocycles. The van der Waals surface area contributed by atoms with E-state index in [0.717, 1.165) is 11.5 Å². The molecular weight excluding hydrogens is 208 g/mol. The van der Waals surface area contributed by atoms with Crippen LogP contribution >= 0.6 is 0 Å². The van der Waals surface area contributed by atoms with E-state index in [9.17, 15) is 0 Å². The first kappa shape index (κ1) is 10.3. The lowest BCUT2D eigenvalue weighted by atomic mass is 9.80. The van der Waals surface area contributed by atoms with Crippen molar-refractivity contribution in [3.05, 3.63) is 48.2 Å². The first-order valence-electron chi connectivity index (χ1n) is 6.15. The number of pyridine rings is 1. The molecule has 1 heterocycles. The standard InChI is InChI=1S/C15H16N2/c16-15-9-8-14(10-17-15)13-6-4-12(5-7-13)11-2-1-3-11/h4-11H,1-3H2,(H2,16,17). The van der Waals surface area contributed by atoms with Crippen LogP contribution in [0.15, 0.2) is 42.6 Å². The van der Waals surface area contributed by atoms with Crippen molar-refractivity contribution >= 4 is 5.82 Å². The maximum Gasteiger partial charge on any atom is 0.123 e. The fourth-order valence-electron chi connectivity index (χ4n) is 2.27. The average Bonchev–Trinajstić information content (AvgIpc) is 2.29. The molecule has 0 amide bonds. The van der Waals surface area contributed by atoms with Crippen molar-refractivity contribution in [2.45, 2.75) is 25.2 Å². The molecule has 0 saturated heterocycles. The van der Waals surface area contributed by atoms with Gasteiger partial charge in [0, 0.05) is 11.8 Å². The molecular formula is C15H16N2. The van der Waals surface area contributed by atoms with Crippen molar-refractivity contribution in [2.75, 3.05) is 5.73 Å². The zero-order chi connectivity index (χ0) is 11.7. The molecule has 0 bridgehead atoms. The van der Waals surface area contributed by atoms with E-state index < -0.39 is 0 Å². The summed E-state index contributed by atoms with van der Waals surface area (Å²) >= 11 is 0. The van der Waals surface area contributed by atoms with Gasteiger partial charge in [0.25, 0.3) is 0 Å². The lowest BCUT2D eigenvalue weighted by Crippen LogP contribution is -2.08. The molecule has 0 aliphatic heterocycles. The van der Waals surface area contributed by atoms with Crippen molar-refractivity contribution < 1.29 is 0 Å². The number of hydrogen-bond donors (Lipinski definition) is 1. The molecule has 1 aliphatic rings. The Balaban J connectivity index is 1.86. The number of nitrogen functional groups attached to an aromatic ring is 1. The summed E-state index contributed by atoms with van der Waals surface area (Å²) < 4.78 is 0. The molecule has 3 rings (SSSR count). The van der Waals surface area contributed by atoms with Crippen LogP contribution in [0.5, 0.6) is 0 Å². The number of anilines is 1. The number of nitrogens with two attached hydrogens (primary N) is 1. The van der Waals surface area contributed by atoms with Gasteiger partial charge in [-0.1, -0.05) is 30.7 Å². The van der Waals surface area contributed by atoms with E-state index in [1.54, 1.807) is 0 Å². The second-order valence-electron chi connectivity index (χ2n) is 4.72. The van der Waals surface area contributed by atoms with Gasteiger partial charge in [0.15, 0.2) is 0 Å². The molecule has 1 aliphatic carbocycles. The Bertz CT molecular complexity index is 495. The first-order valence-corrected chi connectivity index (χ1v) is 6.15. The van der Waals surface area contributed by atoms with Crippen molar-refractivity contribution in [2.24, 2.45) is 0 Å². The predicted molar refractivity (Wildman–Crippen MR) is 70.7 cm³/mol. The van der Waals surface area contributed by atoms with Gasteiger partial charge in [-0.3, -0.25) is 0 Å². The number of benzene rings is 1. The van der Waals surface area contributed by atoms with Gasteiger partial charge in [-0.05, 0) is 42.0 Å². The Morgan fingerprint density at radius 1 is 0.941 bits per heavy atom. The van der Waals surface area contributed by atoms with Crippen LogP contribution in [0.1, 0.15) is 30.7 Å². The fraction of sp³-hybridized carbons (Fsp3) is 0.267. The molecule has 0 spiro atoms. The molecule has 1 aromatic heterocycles.